The van der Waals surface area contributed by atoms with Crippen molar-refractivity contribution in [2.24, 2.45) is 5.92 Å². The Kier molecular flexibility index (Phi) is 7.05. The normalized spacial score (nSPS) is 14.4. The van der Waals surface area contributed by atoms with Gasteiger partial charge in [-0.05, 0) is 49.4 Å². The molecule has 0 radical (unpaired) electrons. The Hall–Kier alpha value is -3.09. The van der Waals surface area contributed by atoms with Crippen molar-refractivity contribution in [2.75, 3.05) is 26.2 Å². The monoisotopic (exact) mass is 398 g/mol. The molecule has 0 aliphatic carbocycles. The van der Waals surface area contributed by atoms with Gasteiger partial charge in [-0.2, -0.15) is 0 Å². The number of amides is 2. The number of piperidine rings is 1. The minimum atomic E-state index is -0.385. The summed E-state index contributed by atoms with van der Waals surface area (Å²) in [5, 5.41) is 2.77. The first-order chi connectivity index (χ1) is 14.0. The van der Waals surface area contributed by atoms with E-state index in [0.29, 0.717) is 38.2 Å². The SMILES string of the molecule is Cc1ccccc1CCNC(=O)COC(=O)C1CCN(C(=O)c2ccco2)CC1. The summed E-state index contributed by atoms with van der Waals surface area (Å²) >= 11 is 0. The number of hydrogen-bond acceptors (Lipinski definition) is 5. The van der Waals surface area contributed by atoms with Crippen LogP contribution in [0, 0.1) is 12.8 Å². The van der Waals surface area contributed by atoms with Crippen molar-refractivity contribution in [3.05, 3.63) is 59.5 Å². The molecule has 3 rings (SSSR count). The van der Waals surface area contributed by atoms with Gasteiger partial charge in [0.05, 0.1) is 12.2 Å². The van der Waals surface area contributed by atoms with E-state index < -0.39 is 0 Å². The number of nitrogens with one attached hydrogen (secondary N) is 1. The second-order valence-corrected chi connectivity index (χ2v) is 7.18. The van der Waals surface area contributed by atoms with Crippen LogP contribution >= 0.6 is 0 Å². The average Bonchev–Trinajstić information content (AvgIpc) is 3.28. The lowest BCUT2D eigenvalue weighted by atomic mass is 9.97. The number of likely N-dealkylation sites (tertiary alicyclic amines) is 1. The first-order valence-corrected chi connectivity index (χ1v) is 9.85. The molecule has 0 atom stereocenters. The lowest BCUT2D eigenvalue weighted by Gasteiger charge is -2.30. The smallest absolute Gasteiger partial charge is 0.309 e. The number of ether oxygens (including phenoxy) is 1. The molecule has 154 valence electrons. The highest BCUT2D eigenvalue weighted by atomic mass is 16.5. The third kappa shape index (κ3) is 5.70. The summed E-state index contributed by atoms with van der Waals surface area (Å²) in [6.07, 6.45) is 3.22. The molecule has 1 aromatic heterocycles. The molecule has 0 bridgehead atoms. The van der Waals surface area contributed by atoms with Crippen molar-refractivity contribution in [3.8, 4) is 0 Å². The molecule has 29 heavy (non-hydrogen) atoms. The van der Waals surface area contributed by atoms with Gasteiger partial charge in [-0.3, -0.25) is 14.4 Å². The predicted molar refractivity (Wildman–Crippen MR) is 106 cm³/mol. The number of hydrogen-bond donors (Lipinski definition) is 1. The summed E-state index contributed by atoms with van der Waals surface area (Å²) in [6, 6.07) is 11.3. The van der Waals surface area contributed by atoms with Gasteiger partial charge >= 0.3 is 5.97 Å². The average molecular weight is 398 g/mol. The Morgan fingerprint density at radius 2 is 1.90 bits per heavy atom. The summed E-state index contributed by atoms with van der Waals surface area (Å²) in [5.74, 6) is -0.861. The fourth-order valence-corrected chi connectivity index (χ4v) is 3.41. The minimum Gasteiger partial charge on any atom is -0.459 e. The van der Waals surface area contributed by atoms with Gasteiger partial charge in [0.1, 0.15) is 0 Å². The van der Waals surface area contributed by atoms with Crippen LogP contribution in [0.2, 0.25) is 0 Å². The highest BCUT2D eigenvalue weighted by Crippen LogP contribution is 2.20. The van der Waals surface area contributed by atoms with Crippen LogP contribution in [-0.4, -0.2) is 48.9 Å². The number of nitrogens with zero attached hydrogens (tertiary/aromatic N) is 1. The molecule has 1 aliphatic rings. The molecule has 1 fully saturated rings. The van der Waals surface area contributed by atoms with Gasteiger partial charge in [0, 0.05) is 19.6 Å². The van der Waals surface area contributed by atoms with E-state index in [1.165, 1.54) is 17.4 Å². The Labute approximate surface area is 170 Å². The zero-order valence-corrected chi connectivity index (χ0v) is 16.6. The van der Waals surface area contributed by atoms with Crippen molar-refractivity contribution >= 4 is 17.8 Å². The molecule has 0 spiro atoms. The number of carbonyl (C=O) groups is 3. The first-order valence-electron chi connectivity index (χ1n) is 9.85. The van der Waals surface area contributed by atoms with Gasteiger partial charge in [-0.1, -0.05) is 24.3 Å². The second kappa shape index (κ2) is 9.91. The van der Waals surface area contributed by atoms with Gasteiger partial charge in [0.2, 0.25) is 0 Å². The summed E-state index contributed by atoms with van der Waals surface area (Å²) < 4.78 is 10.3. The zero-order chi connectivity index (χ0) is 20.6. The van der Waals surface area contributed by atoms with E-state index in [9.17, 15) is 14.4 Å². The fourth-order valence-electron chi connectivity index (χ4n) is 3.41. The third-order valence-electron chi connectivity index (χ3n) is 5.17. The summed E-state index contributed by atoms with van der Waals surface area (Å²) in [4.78, 5) is 38.1. The molecule has 0 saturated carbocycles. The van der Waals surface area contributed by atoms with E-state index >= 15 is 0 Å². The molecule has 7 nitrogen and oxygen atoms in total. The lowest BCUT2D eigenvalue weighted by molar-refractivity contribution is -0.153. The molecule has 1 aliphatic heterocycles. The second-order valence-electron chi connectivity index (χ2n) is 7.18. The molecular formula is C22H26N2O5. The highest BCUT2D eigenvalue weighted by molar-refractivity contribution is 5.91. The van der Waals surface area contributed by atoms with Gasteiger partial charge in [0.25, 0.3) is 11.8 Å². The number of furan rings is 1. The minimum absolute atomic E-state index is 0.171. The highest BCUT2D eigenvalue weighted by Gasteiger charge is 2.29. The van der Waals surface area contributed by atoms with Gasteiger partial charge in [0.15, 0.2) is 12.4 Å². The Bertz CT molecular complexity index is 839. The molecule has 2 aromatic rings. The summed E-state index contributed by atoms with van der Waals surface area (Å²) in [7, 11) is 0. The van der Waals surface area contributed by atoms with E-state index in [2.05, 4.69) is 5.32 Å². The van der Waals surface area contributed by atoms with E-state index in [1.807, 2.05) is 31.2 Å². The van der Waals surface area contributed by atoms with Gasteiger partial charge in [-0.15, -0.1) is 0 Å². The molecule has 2 amide bonds. The topological polar surface area (TPSA) is 88.9 Å². The zero-order valence-electron chi connectivity index (χ0n) is 16.6. The Morgan fingerprint density at radius 1 is 1.14 bits per heavy atom. The Balaban J connectivity index is 1.34. The summed E-state index contributed by atoms with van der Waals surface area (Å²) in [5.41, 5.74) is 2.37. The molecule has 1 saturated heterocycles. The van der Waals surface area contributed by atoms with Crippen molar-refractivity contribution < 1.29 is 23.5 Å². The fraction of sp³-hybridized carbons (Fsp3) is 0.409. The van der Waals surface area contributed by atoms with Crippen LogP contribution in [0.5, 0.6) is 0 Å². The van der Waals surface area contributed by atoms with Crippen LogP contribution in [-0.2, 0) is 20.7 Å². The number of benzene rings is 1. The van der Waals surface area contributed by atoms with Crippen molar-refractivity contribution in [2.45, 2.75) is 26.2 Å². The molecule has 0 unspecified atom stereocenters. The van der Waals surface area contributed by atoms with Crippen LogP contribution in [0.1, 0.15) is 34.5 Å². The van der Waals surface area contributed by atoms with Gasteiger partial charge in [-0.25, -0.2) is 0 Å². The van der Waals surface area contributed by atoms with Crippen molar-refractivity contribution in [3.63, 3.8) is 0 Å². The molecular weight excluding hydrogens is 372 g/mol. The van der Waals surface area contributed by atoms with Crippen molar-refractivity contribution in [1.29, 1.82) is 0 Å². The summed E-state index contributed by atoms with van der Waals surface area (Å²) in [6.45, 7) is 3.17. The van der Waals surface area contributed by atoms with Crippen molar-refractivity contribution in [1.82, 2.24) is 10.2 Å². The predicted octanol–water partition coefficient (Wildman–Crippen LogP) is 2.34. The standard InChI is InChI=1S/C22H26N2O5/c1-16-5-2-3-6-17(16)8-11-23-20(25)15-29-22(27)18-9-12-24(13-10-18)21(26)19-7-4-14-28-19/h2-7,14,18H,8-13,15H2,1H3,(H,23,25). The number of aryl methyl sites for hydroxylation is 1. The number of esters is 1. The molecule has 7 heteroatoms. The van der Waals surface area contributed by atoms with Gasteiger partial charge < -0.3 is 19.4 Å². The number of rotatable bonds is 7. The van der Waals surface area contributed by atoms with Crippen LogP contribution in [0.25, 0.3) is 0 Å². The van der Waals surface area contributed by atoms with Crippen LogP contribution < -0.4 is 5.32 Å². The number of carbonyl (C=O) groups excluding carboxylic acids is 3. The third-order valence-corrected chi connectivity index (χ3v) is 5.17. The lowest BCUT2D eigenvalue weighted by Crippen LogP contribution is -2.41. The maximum Gasteiger partial charge on any atom is 0.309 e. The first kappa shape index (κ1) is 20.6. The molecule has 1 aromatic carbocycles. The quantitative estimate of drug-likeness (QED) is 0.723. The Morgan fingerprint density at radius 3 is 2.59 bits per heavy atom. The van der Waals surface area contributed by atoms with E-state index in [4.69, 9.17) is 9.15 Å². The van der Waals surface area contributed by atoms with Crippen LogP contribution in [0.15, 0.2) is 47.1 Å². The van der Waals surface area contributed by atoms with E-state index in [1.54, 1.807) is 17.0 Å². The maximum absolute atomic E-state index is 12.2. The maximum atomic E-state index is 12.2. The largest absolute Gasteiger partial charge is 0.459 e. The molecule has 1 N–H and O–H groups in total. The van der Waals surface area contributed by atoms with E-state index in [0.717, 1.165) is 6.42 Å². The van der Waals surface area contributed by atoms with Crippen LogP contribution in [0.3, 0.4) is 0 Å². The van der Waals surface area contributed by atoms with E-state index in [-0.39, 0.29) is 30.3 Å². The van der Waals surface area contributed by atoms with Crippen LogP contribution in [0.4, 0.5) is 0 Å². The molecule has 2 heterocycles.